The first-order valence-electron chi connectivity index (χ1n) is 27.2. The lowest BCUT2D eigenvalue weighted by atomic mass is 9.90. The van der Waals surface area contributed by atoms with Gasteiger partial charge in [-0.1, -0.05) is 226 Å². The SMILES string of the molecule is CCCCCCCCCCCCOc1ccc(C#Cc2c3ccccc3c(C#Cc3cc4ccc3CCc3ccc(cc3C(=O)OC)CC4)c3ccccc23)cc1OCCCCCCCCCCCC. The first-order valence-corrected chi connectivity index (χ1v) is 27.2. The highest BCUT2D eigenvalue weighted by Crippen LogP contribution is 2.34. The standard InChI is InChI=1S/C66H78O4/c1-4-6-8-10-12-14-16-18-20-26-46-69-64-45-37-53(50-65(64)70-47-27-21-19-17-15-13-11-9-7-5-2)36-43-61-57-28-22-24-30-59(57)62(60-31-25-23-29-58(60)61)44-42-56-48-51-32-33-52-35-39-55(41-40-54(56)38-34-51)63(49-52)66(67)68-3/h22-25,28-31,34-35,37-39,45,48-50H,4-21,26-27,32-33,40-41,46-47H2,1-3H3. The predicted molar refractivity (Wildman–Crippen MR) is 294 cm³/mol. The Balaban J connectivity index is 1.10. The Morgan fingerprint density at radius 2 is 0.900 bits per heavy atom. The van der Waals surface area contributed by atoms with Crippen LogP contribution >= 0.6 is 0 Å². The van der Waals surface area contributed by atoms with Crippen LogP contribution in [0.1, 0.15) is 197 Å². The van der Waals surface area contributed by atoms with Crippen molar-refractivity contribution in [3.8, 4) is 35.2 Å². The Labute approximate surface area is 421 Å². The van der Waals surface area contributed by atoms with Gasteiger partial charge in [-0.15, -0.1) is 0 Å². The number of rotatable bonds is 25. The number of benzene rings is 6. The van der Waals surface area contributed by atoms with E-state index in [-0.39, 0.29) is 5.97 Å². The Morgan fingerprint density at radius 1 is 0.443 bits per heavy atom. The molecule has 4 aliphatic carbocycles. The molecule has 0 atom stereocenters. The highest BCUT2D eigenvalue weighted by molar-refractivity contribution is 6.09. The lowest BCUT2D eigenvalue weighted by molar-refractivity contribution is 0.0599. The summed E-state index contributed by atoms with van der Waals surface area (Å²) >= 11 is 0. The summed E-state index contributed by atoms with van der Waals surface area (Å²) < 4.78 is 18.1. The molecule has 0 amide bonds. The molecule has 10 rings (SSSR count). The number of ether oxygens (including phenoxy) is 3. The Bertz CT molecular complexity index is 2680. The molecule has 70 heavy (non-hydrogen) atoms. The van der Waals surface area contributed by atoms with E-state index >= 15 is 0 Å². The molecule has 0 aromatic heterocycles. The van der Waals surface area contributed by atoms with Crippen molar-refractivity contribution in [3.63, 3.8) is 0 Å². The minimum absolute atomic E-state index is 0.277. The van der Waals surface area contributed by atoms with Gasteiger partial charge in [0.15, 0.2) is 11.5 Å². The number of hydrogen-bond acceptors (Lipinski definition) is 4. The summed E-state index contributed by atoms with van der Waals surface area (Å²) in [6.45, 7) is 5.94. The van der Waals surface area contributed by atoms with Crippen LogP contribution in [0.2, 0.25) is 0 Å². The molecule has 4 bridgehead atoms. The van der Waals surface area contributed by atoms with Crippen molar-refractivity contribution in [1.29, 1.82) is 0 Å². The van der Waals surface area contributed by atoms with Crippen LogP contribution in [0.4, 0.5) is 0 Å². The molecule has 366 valence electrons. The summed E-state index contributed by atoms with van der Waals surface area (Å²) in [5.41, 5.74) is 9.15. The monoisotopic (exact) mass is 935 g/mol. The number of carbonyl (C=O) groups is 1. The predicted octanol–water partition coefficient (Wildman–Crippen LogP) is 17.1. The first-order chi connectivity index (χ1) is 34.6. The van der Waals surface area contributed by atoms with E-state index in [1.54, 1.807) is 0 Å². The van der Waals surface area contributed by atoms with E-state index in [9.17, 15) is 4.79 Å². The van der Waals surface area contributed by atoms with E-state index in [0.29, 0.717) is 18.8 Å². The van der Waals surface area contributed by atoms with Crippen LogP contribution in [-0.4, -0.2) is 26.3 Å². The lowest BCUT2D eigenvalue weighted by Gasteiger charge is -2.14. The maximum absolute atomic E-state index is 12.8. The number of fused-ring (bicyclic) bond motifs is 2. The zero-order valence-electron chi connectivity index (χ0n) is 42.8. The topological polar surface area (TPSA) is 44.8 Å². The summed E-state index contributed by atoms with van der Waals surface area (Å²) in [6.07, 6.45) is 29.1. The van der Waals surface area contributed by atoms with Crippen molar-refractivity contribution in [1.82, 2.24) is 0 Å². The number of aryl methyl sites for hydroxylation is 4. The van der Waals surface area contributed by atoms with Crippen LogP contribution in [-0.2, 0) is 30.4 Å². The van der Waals surface area contributed by atoms with Crippen molar-refractivity contribution in [3.05, 3.63) is 153 Å². The zero-order chi connectivity index (χ0) is 48.6. The zero-order valence-corrected chi connectivity index (χ0v) is 42.8. The minimum atomic E-state index is -0.277. The van der Waals surface area contributed by atoms with Crippen molar-refractivity contribution in [2.45, 2.75) is 168 Å². The molecule has 6 aromatic carbocycles. The Morgan fingerprint density at radius 3 is 1.43 bits per heavy atom. The molecule has 0 spiro atoms. The number of carbonyl (C=O) groups excluding carboxylic acids is 1. The third-order valence-corrected chi connectivity index (χ3v) is 14.2. The number of esters is 1. The number of methoxy groups -OCH3 is 1. The van der Waals surface area contributed by atoms with Crippen molar-refractivity contribution in [2.24, 2.45) is 0 Å². The molecule has 4 nitrogen and oxygen atoms in total. The van der Waals surface area contributed by atoms with Gasteiger partial charge in [-0.25, -0.2) is 4.79 Å². The lowest BCUT2D eigenvalue weighted by Crippen LogP contribution is -2.09. The highest BCUT2D eigenvalue weighted by atomic mass is 16.5. The summed E-state index contributed by atoms with van der Waals surface area (Å²) in [5.74, 6) is 15.9. The van der Waals surface area contributed by atoms with Gasteiger partial charge in [0.2, 0.25) is 0 Å². The fraction of sp³-hybridized carbons (Fsp3) is 0.439. The van der Waals surface area contributed by atoms with Crippen LogP contribution in [0.15, 0.2) is 103 Å². The molecule has 0 unspecified atom stereocenters. The van der Waals surface area contributed by atoms with Gasteiger partial charge in [-0.2, -0.15) is 0 Å². The summed E-state index contributed by atoms with van der Waals surface area (Å²) in [7, 11) is 1.46. The normalized spacial score (nSPS) is 11.9. The molecule has 0 heterocycles. The summed E-state index contributed by atoms with van der Waals surface area (Å²) in [5, 5.41) is 4.34. The first kappa shape index (κ1) is 51.9. The number of hydrogen-bond donors (Lipinski definition) is 0. The van der Waals surface area contributed by atoms with Crippen LogP contribution < -0.4 is 9.47 Å². The van der Waals surface area contributed by atoms with Gasteiger partial charge in [-0.3, -0.25) is 0 Å². The second-order valence-corrected chi connectivity index (χ2v) is 19.5. The third kappa shape index (κ3) is 15.3. The van der Waals surface area contributed by atoms with Crippen molar-refractivity contribution >= 4 is 27.5 Å². The molecule has 0 radical (unpaired) electrons. The van der Waals surface area contributed by atoms with E-state index in [2.05, 4.69) is 135 Å². The molecule has 0 saturated heterocycles. The van der Waals surface area contributed by atoms with Gasteiger partial charge in [0.05, 0.1) is 25.9 Å². The molecule has 0 saturated carbocycles. The van der Waals surface area contributed by atoms with E-state index in [1.165, 1.54) is 134 Å². The molecular weight excluding hydrogens is 857 g/mol. The number of unbranched alkanes of at least 4 members (excludes halogenated alkanes) is 18. The van der Waals surface area contributed by atoms with Crippen LogP contribution in [0.25, 0.3) is 21.5 Å². The van der Waals surface area contributed by atoms with E-state index in [0.717, 1.165) is 105 Å². The quantitative estimate of drug-likeness (QED) is 0.0248. The van der Waals surface area contributed by atoms with Crippen LogP contribution in [0, 0.1) is 23.7 Å². The maximum Gasteiger partial charge on any atom is 0.338 e. The fourth-order valence-electron chi connectivity index (χ4n) is 9.99. The molecule has 0 fully saturated rings. The Kier molecular flexibility index (Phi) is 21.2. The van der Waals surface area contributed by atoms with E-state index in [1.807, 2.05) is 6.07 Å². The summed E-state index contributed by atoms with van der Waals surface area (Å²) in [4.78, 5) is 12.8. The maximum atomic E-state index is 12.8. The van der Waals surface area contributed by atoms with Gasteiger partial charge in [0, 0.05) is 22.3 Å². The van der Waals surface area contributed by atoms with Gasteiger partial charge < -0.3 is 14.2 Å². The fourth-order valence-corrected chi connectivity index (χ4v) is 9.99. The van der Waals surface area contributed by atoms with Crippen LogP contribution in [0.5, 0.6) is 11.5 Å². The molecular formula is C66H78O4. The van der Waals surface area contributed by atoms with Gasteiger partial charge in [0.1, 0.15) is 0 Å². The second kappa shape index (κ2) is 28.6. The smallest absolute Gasteiger partial charge is 0.338 e. The summed E-state index contributed by atoms with van der Waals surface area (Å²) in [6, 6.07) is 36.3. The molecule has 4 heteroatoms. The van der Waals surface area contributed by atoms with Crippen molar-refractivity contribution in [2.75, 3.05) is 20.3 Å². The highest BCUT2D eigenvalue weighted by Gasteiger charge is 2.17. The van der Waals surface area contributed by atoms with Crippen molar-refractivity contribution < 1.29 is 19.0 Å². The molecule has 0 aliphatic heterocycles. The molecule has 4 aliphatic rings. The van der Waals surface area contributed by atoms with Gasteiger partial charge >= 0.3 is 5.97 Å². The molecule has 0 N–H and O–H groups in total. The van der Waals surface area contributed by atoms with Gasteiger partial charge in [-0.05, 0) is 113 Å². The van der Waals surface area contributed by atoms with Crippen LogP contribution in [0.3, 0.4) is 0 Å². The van der Waals surface area contributed by atoms with E-state index in [4.69, 9.17) is 14.2 Å². The van der Waals surface area contributed by atoms with E-state index < -0.39 is 0 Å². The minimum Gasteiger partial charge on any atom is -0.490 e. The Hall–Kier alpha value is -5.97. The second-order valence-electron chi connectivity index (χ2n) is 19.5. The average Bonchev–Trinajstić information content (AvgIpc) is 3.39. The third-order valence-electron chi connectivity index (χ3n) is 14.2. The van der Waals surface area contributed by atoms with Gasteiger partial charge in [0.25, 0.3) is 0 Å². The largest absolute Gasteiger partial charge is 0.490 e. The average molecular weight is 935 g/mol. The molecule has 6 aromatic rings.